The summed E-state index contributed by atoms with van der Waals surface area (Å²) in [5.41, 5.74) is 6.05. The lowest BCUT2D eigenvalue weighted by Crippen LogP contribution is -2.11. The molecule has 2 heterocycles. The van der Waals surface area contributed by atoms with Gasteiger partial charge in [-0.3, -0.25) is 0 Å². The van der Waals surface area contributed by atoms with Crippen LogP contribution in [0.3, 0.4) is 0 Å². The van der Waals surface area contributed by atoms with Gasteiger partial charge in [0, 0.05) is 34.8 Å². The number of aryl methyl sites for hydroxylation is 2. The maximum Gasteiger partial charge on any atom is 0.0515 e. The molecule has 2 aromatic carbocycles. The van der Waals surface area contributed by atoms with Gasteiger partial charge in [0.15, 0.2) is 0 Å². The summed E-state index contributed by atoms with van der Waals surface area (Å²) in [6.07, 6.45) is 5.49. The van der Waals surface area contributed by atoms with Gasteiger partial charge in [-0.1, -0.05) is 41.9 Å². The first-order valence-electron chi connectivity index (χ1n) is 8.53. The molecule has 0 fully saturated rings. The van der Waals surface area contributed by atoms with Crippen LogP contribution in [0.1, 0.15) is 36.0 Å². The summed E-state index contributed by atoms with van der Waals surface area (Å²) in [6.45, 7) is 3.01. The summed E-state index contributed by atoms with van der Waals surface area (Å²) in [6, 6.07) is 14.6. The predicted molar refractivity (Wildman–Crippen MR) is 102 cm³/mol. The molecule has 0 radical (unpaired) electrons. The molecule has 0 spiro atoms. The van der Waals surface area contributed by atoms with Crippen LogP contribution in [0.5, 0.6) is 0 Å². The third-order valence-electron chi connectivity index (χ3n) is 5.11. The first-order chi connectivity index (χ1) is 11.6. The summed E-state index contributed by atoms with van der Waals surface area (Å²) in [7, 11) is 0. The van der Waals surface area contributed by atoms with Gasteiger partial charge in [0.1, 0.15) is 0 Å². The fourth-order valence-electron chi connectivity index (χ4n) is 3.91. The average Bonchev–Trinajstić information content (AvgIpc) is 2.95. The molecule has 2 nitrogen and oxygen atoms in total. The van der Waals surface area contributed by atoms with Gasteiger partial charge in [0.2, 0.25) is 0 Å². The molecule has 4 rings (SSSR count). The second-order valence-corrected chi connectivity index (χ2v) is 7.20. The van der Waals surface area contributed by atoms with E-state index < -0.39 is 0 Å². The number of rotatable bonds is 4. The molecular weight excluding hydrogens is 316 g/mol. The fraction of sp³-hybridized carbons (Fsp3) is 0.286. The molecule has 1 unspecified atom stereocenters. The van der Waals surface area contributed by atoms with Crippen molar-refractivity contribution in [1.29, 1.82) is 5.41 Å². The molecule has 1 aliphatic heterocycles. The Morgan fingerprint density at radius 2 is 2.00 bits per heavy atom. The van der Waals surface area contributed by atoms with Crippen molar-refractivity contribution in [3.8, 4) is 0 Å². The maximum atomic E-state index is 8.36. The first kappa shape index (κ1) is 15.5. The lowest BCUT2D eigenvalue weighted by Gasteiger charge is -2.16. The van der Waals surface area contributed by atoms with Gasteiger partial charge in [0.25, 0.3) is 0 Å². The minimum Gasteiger partial charge on any atom is -0.347 e. The lowest BCUT2D eigenvalue weighted by molar-refractivity contribution is 0.633. The Bertz CT molecular complexity index is 905. The van der Waals surface area contributed by atoms with Crippen LogP contribution in [-0.2, 0) is 19.4 Å². The number of aromatic nitrogens is 1. The number of hydrogen-bond acceptors (Lipinski definition) is 1. The van der Waals surface area contributed by atoms with Crippen molar-refractivity contribution >= 4 is 28.2 Å². The average molecular weight is 337 g/mol. The minimum atomic E-state index is 0.114. The Hall–Kier alpha value is -2.06. The van der Waals surface area contributed by atoms with Crippen LogP contribution in [0, 0.1) is 5.41 Å². The Labute approximate surface area is 147 Å². The van der Waals surface area contributed by atoms with Crippen molar-refractivity contribution in [3.05, 3.63) is 70.4 Å². The number of nitrogens with one attached hydrogen (secondary N) is 1. The molecule has 1 aliphatic rings. The highest BCUT2D eigenvalue weighted by atomic mass is 35.5. The summed E-state index contributed by atoms with van der Waals surface area (Å²) >= 11 is 6.01. The van der Waals surface area contributed by atoms with Gasteiger partial charge in [-0.25, -0.2) is 0 Å². The molecule has 0 aliphatic carbocycles. The molecule has 0 saturated heterocycles. The maximum absolute atomic E-state index is 8.36. The Kier molecular flexibility index (Phi) is 3.93. The van der Waals surface area contributed by atoms with Gasteiger partial charge in [-0.15, -0.1) is 0 Å². The zero-order chi connectivity index (χ0) is 16.7. The van der Waals surface area contributed by atoms with Crippen LogP contribution in [0.4, 0.5) is 0 Å². The smallest absolute Gasteiger partial charge is 0.0515 e. The number of para-hydroxylation sites is 1. The van der Waals surface area contributed by atoms with Crippen LogP contribution in [0.2, 0.25) is 5.02 Å². The fourth-order valence-corrected chi connectivity index (χ4v) is 4.04. The first-order valence-corrected chi connectivity index (χ1v) is 8.91. The molecule has 1 atom stereocenters. The Balaban J connectivity index is 1.80. The number of benzene rings is 2. The van der Waals surface area contributed by atoms with Gasteiger partial charge < -0.3 is 9.98 Å². The zero-order valence-electron chi connectivity index (χ0n) is 13.8. The quantitative estimate of drug-likeness (QED) is 0.600. The molecule has 24 heavy (non-hydrogen) atoms. The van der Waals surface area contributed by atoms with E-state index in [4.69, 9.17) is 17.0 Å². The van der Waals surface area contributed by atoms with Gasteiger partial charge >= 0.3 is 0 Å². The number of hydrogen-bond donors (Lipinski definition) is 1. The van der Waals surface area contributed by atoms with Gasteiger partial charge in [0.05, 0.1) is 5.52 Å². The van der Waals surface area contributed by atoms with Crippen LogP contribution in [0.15, 0.2) is 48.7 Å². The van der Waals surface area contributed by atoms with E-state index in [0.717, 1.165) is 24.4 Å². The van der Waals surface area contributed by atoms with Crippen molar-refractivity contribution in [2.45, 2.75) is 38.6 Å². The summed E-state index contributed by atoms with van der Waals surface area (Å²) in [5, 5.41) is 10.4. The Morgan fingerprint density at radius 1 is 1.21 bits per heavy atom. The number of nitrogens with zero attached hydrogens (tertiary/aromatic N) is 1. The van der Waals surface area contributed by atoms with E-state index in [1.165, 1.54) is 34.0 Å². The van der Waals surface area contributed by atoms with Crippen molar-refractivity contribution in [2.24, 2.45) is 0 Å². The standard InChI is InChI=1S/C21H21ClN2/c1-14(23)19(12-15-7-9-17(22)10-8-15)20-13-24-11-3-5-16-4-2-6-18(20)21(16)24/h2,4,6-10,13,19,23H,3,5,11-12H2,1H3. The third kappa shape index (κ3) is 2.65. The van der Waals surface area contributed by atoms with E-state index in [1.54, 1.807) is 0 Å². The van der Waals surface area contributed by atoms with Crippen LogP contribution >= 0.6 is 11.6 Å². The minimum absolute atomic E-state index is 0.114. The van der Waals surface area contributed by atoms with Crippen molar-refractivity contribution in [1.82, 2.24) is 4.57 Å². The van der Waals surface area contributed by atoms with E-state index >= 15 is 0 Å². The van der Waals surface area contributed by atoms with Gasteiger partial charge in [-0.05, 0) is 55.0 Å². The summed E-state index contributed by atoms with van der Waals surface area (Å²) < 4.78 is 2.39. The molecule has 3 heteroatoms. The van der Waals surface area contributed by atoms with E-state index in [2.05, 4.69) is 41.1 Å². The van der Waals surface area contributed by atoms with Crippen molar-refractivity contribution < 1.29 is 0 Å². The SMILES string of the molecule is CC(=N)C(Cc1ccc(Cl)cc1)c1cn2c3c(cccc13)CCC2. The molecular formula is C21H21ClN2. The highest BCUT2D eigenvalue weighted by Crippen LogP contribution is 2.35. The summed E-state index contributed by atoms with van der Waals surface area (Å²) in [4.78, 5) is 0. The Morgan fingerprint density at radius 3 is 2.75 bits per heavy atom. The lowest BCUT2D eigenvalue weighted by atomic mass is 9.88. The van der Waals surface area contributed by atoms with Gasteiger partial charge in [-0.2, -0.15) is 0 Å². The highest BCUT2D eigenvalue weighted by Gasteiger charge is 2.23. The molecule has 1 aromatic heterocycles. The second-order valence-electron chi connectivity index (χ2n) is 6.76. The second kappa shape index (κ2) is 6.10. The van der Waals surface area contributed by atoms with Crippen molar-refractivity contribution in [2.75, 3.05) is 0 Å². The monoisotopic (exact) mass is 336 g/mol. The molecule has 0 bridgehead atoms. The van der Waals surface area contributed by atoms with Crippen LogP contribution in [-0.4, -0.2) is 10.3 Å². The molecule has 3 aromatic rings. The summed E-state index contributed by atoms with van der Waals surface area (Å²) in [5.74, 6) is 0.114. The van der Waals surface area contributed by atoms with Crippen LogP contribution < -0.4 is 0 Å². The molecule has 0 amide bonds. The predicted octanol–water partition coefficient (Wildman–Crippen LogP) is 5.61. The topological polar surface area (TPSA) is 28.8 Å². The van der Waals surface area contributed by atoms with E-state index in [1.807, 2.05) is 19.1 Å². The normalized spacial score (nSPS) is 14.8. The van der Waals surface area contributed by atoms with E-state index in [9.17, 15) is 0 Å². The van der Waals surface area contributed by atoms with Crippen molar-refractivity contribution in [3.63, 3.8) is 0 Å². The number of halogens is 1. The molecule has 1 N–H and O–H groups in total. The zero-order valence-corrected chi connectivity index (χ0v) is 14.6. The van der Waals surface area contributed by atoms with E-state index in [-0.39, 0.29) is 5.92 Å². The van der Waals surface area contributed by atoms with E-state index in [0.29, 0.717) is 5.71 Å². The molecule has 0 saturated carbocycles. The third-order valence-corrected chi connectivity index (χ3v) is 5.36. The molecule has 122 valence electrons. The largest absolute Gasteiger partial charge is 0.347 e. The highest BCUT2D eigenvalue weighted by molar-refractivity contribution is 6.30. The van der Waals surface area contributed by atoms with Crippen LogP contribution in [0.25, 0.3) is 10.9 Å².